The highest BCUT2D eigenvalue weighted by molar-refractivity contribution is 9.10. The van der Waals surface area contributed by atoms with Crippen molar-refractivity contribution in [2.24, 2.45) is 0 Å². The lowest BCUT2D eigenvalue weighted by molar-refractivity contribution is -0.114. The van der Waals surface area contributed by atoms with Gasteiger partial charge in [0, 0.05) is 22.8 Å². The van der Waals surface area contributed by atoms with Gasteiger partial charge in [-0.3, -0.25) is 4.79 Å². The van der Waals surface area contributed by atoms with E-state index in [1.807, 2.05) is 0 Å². The zero-order chi connectivity index (χ0) is 9.14. The SMILES string of the molecule is CC(=O)Nc1cc(N)cc(Br)c1. The van der Waals surface area contributed by atoms with Crippen LogP contribution in [0.15, 0.2) is 22.7 Å². The van der Waals surface area contributed by atoms with E-state index in [1.54, 1.807) is 18.2 Å². The minimum Gasteiger partial charge on any atom is -0.399 e. The fourth-order valence-electron chi connectivity index (χ4n) is 0.888. The number of hydrogen-bond acceptors (Lipinski definition) is 2. The normalized spacial score (nSPS) is 9.50. The number of nitrogens with one attached hydrogen (secondary N) is 1. The number of nitrogens with two attached hydrogens (primary N) is 1. The fourth-order valence-corrected chi connectivity index (χ4v) is 1.40. The van der Waals surface area contributed by atoms with Gasteiger partial charge >= 0.3 is 0 Å². The van der Waals surface area contributed by atoms with Gasteiger partial charge in [-0.1, -0.05) is 15.9 Å². The van der Waals surface area contributed by atoms with Gasteiger partial charge in [0.2, 0.25) is 5.91 Å². The standard InChI is InChI=1S/C8H9BrN2O/c1-5(12)11-8-3-6(9)2-7(10)4-8/h2-4H,10H2,1H3,(H,11,12). The highest BCUT2D eigenvalue weighted by Gasteiger charge is 1.97. The fraction of sp³-hybridized carbons (Fsp3) is 0.125. The predicted molar refractivity (Wildman–Crippen MR) is 52.9 cm³/mol. The molecule has 1 rings (SSSR count). The van der Waals surface area contributed by atoms with Gasteiger partial charge in [-0.25, -0.2) is 0 Å². The summed E-state index contributed by atoms with van der Waals surface area (Å²) < 4.78 is 0.853. The maximum atomic E-state index is 10.7. The minimum atomic E-state index is -0.104. The Morgan fingerprint density at radius 1 is 1.50 bits per heavy atom. The molecule has 0 unspecified atom stereocenters. The third-order valence-corrected chi connectivity index (χ3v) is 1.70. The van der Waals surface area contributed by atoms with Crippen LogP contribution in [0.4, 0.5) is 11.4 Å². The molecule has 3 nitrogen and oxygen atoms in total. The van der Waals surface area contributed by atoms with Crippen LogP contribution in [-0.4, -0.2) is 5.91 Å². The number of benzene rings is 1. The summed E-state index contributed by atoms with van der Waals surface area (Å²) in [5.41, 5.74) is 6.88. The summed E-state index contributed by atoms with van der Waals surface area (Å²) in [6, 6.07) is 5.26. The molecule has 0 atom stereocenters. The van der Waals surface area contributed by atoms with Crippen molar-refractivity contribution in [2.75, 3.05) is 11.1 Å². The summed E-state index contributed by atoms with van der Waals surface area (Å²) in [4.78, 5) is 10.7. The summed E-state index contributed by atoms with van der Waals surface area (Å²) in [6.07, 6.45) is 0. The van der Waals surface area contributed by atoms with E-state index in [0.717, 1.165) is 4.47 Å². The van der Waals surface area contributed by atoms with E-state index in [2.05, 4.69) is 21.2 Å². The molecular weight excluding hydrogens is 220 g/mol. The second-order valence-electron chi connectivity index (χ2n) is 2.45. The first-order valence-corrected chi connectivity index (χ1v) is 4.21. The molecule has 1 aromatic rings. The Labute approximate surface area is 79.1 Å². The third kappa shape index (κ3) is 2.54. The topological polar surface area (TPSA) is 55.1 Å². The Balaban J connectivity index is 2.93. The molecule has 3 N–H and O–H groups in total. The highest BCUT2D eigenvalue weighted by atomic mass is 79.9. The van der Waals surface area contributed by atoms with Crippen molar-refractivity contribution in [3.05, 3.63) is 22.7 Å². The van der Waals surface area contributed by atoms with Crippen molar-refractivity contribution in [1.29, 1.82) is 0 Å². The van der Waals surface area contributed by atoms with Crippen molar-refractivity contribution >= 4 is 33.2 Å². The van der Waals surface area contributed by atoms with Crippen molar-refractivity contribution in [3.63, 3.8) is 0 Å². The van der Waals surface area contributed by atoms with E-state index in [4.69, 9.17) is 5.73 Å². The zero-order valence-corrected chi connectivity index (χ0v) is 8.18. The maximum Gasteiger partial charge on any atom is 0.221 e. The van der Waals surface area contributed by atoms with Crippen LogP contribution in [0.3, 0.4) is 0 Å². The van der Waals surface area contributed by atoms with E-state index in [9.17, 15) is 4.79 Å². The molecule has 0 heterocycles. The Bertz CT molecular complexity index is 292. The van der Waals surface area contributed by atoms with Gasteiger partial charge < -0.3 is 11.1 Å². The lowest BCUT2D eigenvalue weighted by Crippen LogP contribution is -2.05. The van der Waals surface area contributed by atoms with Gasteiger partial charge in [0.05, 0.1) is 0 Å². The monoisotopic (exact) mass is 228 g/mol. The van der Waals surface area contributed by atoms with Crippen LogP contribution >= 0.6 is 15.9 Å². The molecule has 0 saturated carbocycles. The second kappa shape index (κ2) is 3.58. The van der Waals surface area contributed by atoms with Crippen molar-refractivity contribution in [2.45, 2.75) is 6.92 Å². The molecule has 0 fully saturated rings. The quantitative estimate of drug-likeness (QED) is 0.723. The molecule has 0 radical (unpaired) electrons. The number of carbonyl (C=O) groups excluding carboxylic acids is 1. The van der Waals surface area contributed by atoms with Gasteiger partial charge in [0.25, 0.3) is 0 Å². The largest absolute Gasteiger partial charge is 0.399 e. The van der Waals surface area contributed by atoms with Crippen LogP contribution in [-0.2, 0) is 4.79 Å². The Kier molecular flexibility index (Phi) is 2.70. The first kappa shape index (κ1) is 9.06. The summed E-state index contributed by atoms with van der Waals surface area (Å²) in [7, 11) is 0. The van der Waals surface area contributed by atoms with Crippen molar-refractivity contribution in [1.82, 2.24) is 0 Å². The number of anilines is 2. The van der Waals surface area contributed by atoms with Gasteiger partial charge in [-0.15, -0.1) is 0 Å². The van der Waals surface area contributed by atoms with Crippen LogP contribution in [0.1, 0.15) is 6.92 Å². The number of hydrogen-bond donors (Lipinski definition) is 2. The molecule has 0 saturated heterocycles. The van der Waals surface area contributed by atoms with Crippen LogP contribution in [0.25, 0.3) is 0 Å². The van der Waals surface area contributed by atoms with Crippen LogP contribution < -0.4 is 11.1 Å². The molecule has 0 spiro atoms. The predicted octanol–water partition coefficient (Wildman–Crippen LogP) is 1.99. The van der Waals surface area contributed by atoms with Gasteiger partial charge in [-0.05, 0) is 18.2 Å². The minimum absolute atomic E-state index is 0.104. The Hall–Kier alpha value is -1.03. The van der Waals surface area contributed by atoms with E-state index in [1.165, 1.54) is 6.92 Å². The van der Waals surface area contributed by atoms with E-state index in [-0.39, 0.29) is 5.91 Å². The Morgan fingerprint density at radius 3 is 2.67 bits per heavy atom. The zero-order valence-electron chi connectivity index (χ0n) is 6.60. The molecule has 12 heavy (non-hydrogen) atoms. The first-order valence-electron chi connectivity index (χ1n) is 3.41. The van der Waals surface area contributed by atoms with E-state index >= 15 is 0 Å². The summed E-state index contributed by atoms with van der Waals surface area (Å²) in [5.74, 6) is -0.104. The van der Waals surface area contributed by atoms with Crippen LogP contribution in [0, 0.1) is 0 Å². The number of amides is 1. The van der Waals surface area contributed by atoms with Crippen LogP contribution in [0.2, 0.25) is 0 Å². The summed E-state index contributed by atoms with van der Waals surface area (Å²) in [5, 5.41) is 2.64. The number of nitrogen functional groups attached to an aromatic ring is 1. The molecule has 1 aromatic carbocycles. The Morgan fingerprint density at radius 2 is 2.17 bits per heavy atom. The summed E-state index contributed by atoms with van der Waals surface area (Å²) in [6.45, 7) is 1.46. The molecular formula is C8H9BrN2O. The molecule has 0 aromatic heterocycles. The number of halogens is 1. The van der Waals surface area contributed by atoms with Crippen molar-refractivity contribution in [3.8, 4) is 0 Å². The van der Waals surface area contributed by atoms with Gasteiger partial charge in [0.1, 0.15) is 0 Å². The smallest absolute Gasteiger partial charge is 0.221 e. The molecule has 64 valence electrons. The number of carbonyl (C=O) groups is 1. The molecule has 0 aliphatic rings. The molecule has 1 amide bonds. The average Bonchev–Trinajstić information content (AvgIpc) is 1.81. The molecule has 0 aliphatic heterocycles. The van der Waals surface area contributed by atoms with Crippen LogP contribution in [0.5, 0.6) is 0 Å². The maximum absolute atomic E-state index is 10.7. The molecule has 0 bridgehead atoms. The number of rotatable bonds is 1. The van der Waals surface area contributed by atoms with Gasteiger partial charge in [-0.2, -0.15) is 0 Å². The lowest BCUT2D eigenvalue weighted by atomic mass is 10.3. The van der Waals surface area contributed by atoms with E-state index in [0.29, 0.717) is 11.4 Å². The average molecular weight is 229 g/mol. The van der Waals surface area contributed by atoms with Crippen molar-refractivity contribution < 1.29 is 4.79 Å². The molecule has 0 aliphatic carbocycles. The first-order chi connectivity index (χ1) is 5.58. The second-order valence-corrected chi connectivity index (χ2v) is 3.37. The summed E-state index contributed by atoms with van der Waals surface area (Å²) >= 11 is 3.27. The highest BCUT2D eigenvalue weighted by Crippen LogP contribution is 2.20. The lowest BCUT2D eigenvalue weighted by Gasteiger charge is -2.03. The van der Waals surface area contributed by atoms with E-state index < -0.39 is 0 Å². The van der Waals surface area contributed by atoms with Gasteiger partial charge in [0.15, 0.2) is 0 Å². The molecule has 4 heteroatoms. The third-order valence-electron chi connectivity index (χ3n) is 1.24.